The topological polar surface area (TPSA) is 12.9 Å². The van der Waals surface area contributed by atoms with Crippen molar-refractivity contribution in [1.82, 2.24) is 4.98 Å². The van der Waals surface area contributed by atoms with E-state index in [1.807, 2.05) is 18.2 Å². The summed E-state index contributed by atoms with van der Waals surface area (Å²) in [7, 11) is 0. The molecule has 0 amide bonds. The normalized spacial score (nSPS) is 7.50. The first-order valence-corrected chi connectivity index (χ1v) is 2.12. The van der Waals surface area contributed by atoms with Gasteiger partial charge in [-0.15, -0.1) is 11.8 Å². The molecular weight excluding hydrogens is 93.0 g/mol. The van der Waals surface area contributed by atoms with Crippen molar-refractivity contribution in [2.24, 2.45) is 0 Å². The van der Waals surface area contributed by atoms with Gasteiger partial charge in [-0.3, -0.25) is 4.98 Å². The molecule has 1 rings (SSSR count). The Morgan fingerprint density at radius 1 is 1.38 bits per heavy atom. The third-order valence-electron chi connectivity index (χ3n) is 0.726. The molecule has 1 aromatic heterocycles. The summed E-state index contributed by atoms with van der Waals surface area (Å²) >= 11 is 0. The van der Waals surface area contributed by atoms with Crippen LogP contribution in [0.3, 0.4) is 0 Å². The average molecular weight is 99.1 g/mol. The first-order valence-electron chi connectivity index (χ1n) is 2.12. The second-order valence-electron chi connectivity index (χ2n) is 1.32. The SMILES string of the molecule is [CH2-]c1ccccn1.[Li+]. The Morgan fingerprint density at radius 2 is 2.12 bits per heavy atom. The Balaban J connectivity index is 0.000000490. The van der Waals surface area contributed by atoms with Gasteiger partial charge < -0.3 is 0 Å². The van der Waals surface area contributed by atoms with E-state index in [0.29, 0.717) is 0 Å². The molecule has 1 heterocycles. The third-order valence-corrected chi connectivity index (χ3v) is 0.726. The van der Waals surface area contributed by atoms with Gasteiger partial charge >= 0.3 is 18.9 Å². The summed E-state index contributed by atoms with van der Waals surface area (Å²) in [6, 6.07) is 5.64. The smallest absolute Gasteiger partial charge is 0.296 e. The van der Waals surface area contributed by atoms with Gasteiger partial charge in [-0.25, -0.2) is 6.92 Å². The molecule has 0 aliphatic rings. The van der Waals surface area contributed by atoms with E-state index in [2.05, 4.69) is 11.9 Å². The maximum Gasteiger partial charge on any atom is 1.00 e. The van der Waals surface area contributed by atoms with Crippen molar-refractivity contribution in [2.45, 2.75) is 0 Å². The van der Waals surface area contributed by atoms with Crippen molar-refractivity contribution in [3.63, 3.8) is 0 Å². The van der Waals surface area contributed by atoms with Gasteiger partial charge in [0.2, 0.25) is 0 Å². The number of rotatable bonds is 0. The summed E-state index contributed by atoms with van der Waals surface area (Å²) in [4.78, 5) is 3.87. The molecule has 0 atom stereocenters. The molecule has 0 N–H and O–H groups in total. The van der Waals surface area contributed by atoms with Crippen molar-refractivity contribution in [3.8, 4) is 0 Å². The van der Waals surface area contributed by atoms with Crippen LogP contribution >= 0.6 is 0 Å². The minimum Gasteiger partial charge on any atom is -0.296 e. The summed E-state index contributed by atoms with van der Waals surface area (Å²) in [5.41, 5.74) is 0.822. The van der Waals surface area contributed by atoms with Gasteiger partial charge in [0.05, 0.1) is 0 Å². The first-order chi connectivity index (χ1) is 3.39. The zero-order chi connectivity index (χ0) is 5.11. The molecule has 0 bridgehead atoms. The molecule has 1 aromatic rings. The van der Waals surface area contributed by atoms with Gasteiger partial charge in [0, 0.05) is 6.20 Å². The predicted molar refractivity (Wildman–Crippen MR) is 28.7 cm³/mol. The van der Waals surface area contributed by atoms with Crippen LogP contribution in [-0.4, -0.2) is 4.98 Å². The monoisotopic (exact) mass is 99.1 g/mol. The summed E-state index contributed by atoms with van der Waals surface area (Å²) in [5.74, 6) is 0. The summed E-state index contributed by atoms with van der Waals surface area (Å²) in [5, 5.41) is 0. The molecule has 0 unspecified atom stereocenters. The van der Waals surface area contributed by atoms with Crippen LogP contribution < -0.4 is 18.9 Å². The fourth-order valence-electron chi connectivity index (χ4n) is 0.398. The molecule has 0 aliphatic heterocycles. The standard InChI is InChI=1S/C6H6N.Li/c1-6-4-2-3-5-7-6;/h2-5H,1H2;/q-1;+1. The van der Waals surface area contributed by atoms with Crippen LogP contribution in [0.25, 0.3) is 0 Å². The van der Waals surface area contributed by atoms with E-state index >= 15 is 0 Å². The van der Waals surface area contributed by atoms with Crippen LogP contribution in [-0.2, 0) is 0 Å². The van der Waals surface area contributed by atoms with Crippen LogP contribution in [0.5, 0.6) is 0 Å². The van der Waals surface area contributed by atoms with Crippen molar-refractivity contribution in [3.05, 3.63) is 37.0 Å². The molecule has 0 saturated carbocycles. The number of hydrogen-bond acceptors (Lipinski definition) is 1. The van der Waals surface area contributed by atoms with Crippen molar-refractivity contribution in [1.29, 1.82) is 0 Å². The Morgan fingerprint density at radius 3 is 2.38 bits per heavy atom. The van der Waals surface area contributed by atoms with Gasteiger partial charge in [0.25, 0.3) is 0 Å². The third kappa shape index (κ3) is 2.06. The van der Waals surface area contributed by atoms with E-state index in [-0.39, 0.29) is 18.9 Å². The van der Waals surface area contributed by atoms with Crippen molar-refractivity contribution < 1.29 is 18.9 Å². The van der Waals surface area contributed by atoms with E-state index in [1.54, 1.807) is 6.20 Å². The van der Waals surface area contributed by atoms with E-state index in [0.717, 1.165) is 5.69 Å². The quantitative estimate of drug-likeness (QED) is 0.278. The molecular formula is C6H6LiN. The first kappa shape index (κ1) is 7.62. The van der Waals surface area contributed by atoms with Gasteiger partial charge in [-0.2, -0.15) is 6.07 Å². The number of hydrogen-bond donors (Lipinski definition) is 0. The second kappa shape index (κ2) is 3.60. The molecule has 2 heteroatoms. The maximum atomic E-state index is 3.87. The van der Waals surface area contributed by atoms with Gasteiger partial charge in [0.15, 0.2) is 0 Å². The van der Waals surface area contributed by atoms with E-state index < -0.39 is 0 Å². The number of pyridine rings is 1. The molecule has 0 aliphatic carbocycles. The molecule has 1 nitrogen and oxygen atoms in total. The largest absolute Gasteiger partial charge is 1.00 e. The Bertz CT molecular complexity index is 138. The van der Waals surface area contributed by atoms with Crippen LogP contribution in [0, 0.1) is 6.92 Å². The molecule has 36 valence electrons. The minimum absolute atomic E-state index is 0. The van der Waals surface area contributed by atoms with Crippen LogP contribution in [0.1, 0.15) is 5.69 Å². The maximum absolute atomic E-state index is 3.87. The zero-order valence-electron chi connectivity index (χ0n) is 4.96. The average Bonchev–Trinajstić information content (AvgIpc) is 1.69. The molecule has 0 aromatic carbocycles. The van der Waals surface area contributed by atoms with Crippen LogP contribution in [0.4, 0.5) is 0 Å². The predicted octanol–water partition coefficient (Wildman–Crippen LogP) is -1.73. The van der Waals surface area contributed by atoms with E-state index in [9.17, 15) is 0 Å². The van der Waals surface area contributed by atoms with Crippen molar-refractivity contribution in [2.75, 3.05) is 0 Å². The Kier molecular flexibility index (Phi) is 3.43. The molecule has 0 fully saturated rings. The van der Waals surface area contributed by atoms with E-state index in [4.69, 9.17) is 0 Å². The van der Waals surface area contributed by atoms with Gasteiger partial charge in [-0.1, -0.05) is 6.07 Å². The number of aromatic nitrogens is 1. The van der Waals surface area contributed by atoms with Crippen LogP contribution in [0.15, 0.2) is 24.4 Å². The molecule has 8 heavy (non-hydrogen) atoms. The van der Waals surface area contributed by atoms with E-state index in [1.165, 1.54) is 0 Å². The van der Waals surface area contributed by atoms with Gasteiger partial charge in [-0.05, 0) is 0 Å². The Hall–Kier alpha value is -0.383. The molecule has 0 spiro atoms. The minimum atomic E-state index is 0. The molecule has 0 saturated heterocycles. The number of nitrogens with zero attached hydrogens (tertiary/aromatic N) is 1. The summed E-state index contributed by atoms with van der Waals surface area (Å²) < 4.78 is 0. The fraction of sp³-hybridized carbons (Fsp3) is 0. The Labute approximate surface area is 61.3 Å². The fourth-order valence-corrected chi connectivity index (χ4v) is 0.398. The second-order valence-corrected chi connectivity index (χ2v) is 1.32. The zero-order valence-corrected chi connectivity index (χ0v) is 4.96. The van der Waals surface area contributed by atoms with Crippen LogP contribution in [0.2, 0.25) is 0 Å². The molecule has 0 radical (unpaired) electrons. The van der Waals surface area contributed by atoms with Crippen molar-refractivity contribution >= 4 is 0 Å². The summed E-state index contributed by atoms with van der Waals surface area (Å²) in [6.45, 7) is 3.61. The summed E-state index contributed by atoms with van der Waals surface area (Å²) in [6.07, 6.45) is 1.72. The van der Waals surface area contributed by atoms with Gasteiger partial charge in [0.1, 0.15) is 0 Å².